The molecule has 0 aliphatic carbocycles. The number of aryl methyl sites for hydroxylation is 1. The standard InChI is InChI=1S/C22H38N4O.HI/c1-6-27-21-12-18(4)9-10-20(21)14-25-22(23-5)24-13-19-8-7-11-26(16-19)15-17(2)3;/h9-10,12,17,19H,6-8,11,13-16H2,1-5H3,(H2,23,24,25);1H. The molecule has 5 nitrogen and oxygen atoms in total. The number of ether oxygens (including phenoxy) is 1. The Morgan fingerprint density at radius 3 is 2.79 bits per heavy atom. The highest BCUT2D eigenvalue weighted by Crippen LogP contribution is 2.20. The van der Waals surface area contributed by atoms with E-state index in [9.17, 15) is 0 Å². The van der Waals surface area contributed by atoms with E-state index in [0.29, 0.717) is 19.1 Å². The number of rotatable bonds is 8. The highest BCUT2D eigenvalue weighted by molar-refractivity contribution is 14.0. The third-order valence-electron chi connectivity index (χ3n) is 4.98. The minimum absolute atomic E-state index is 0. The largest absolute Gasteiger partial charge is 0.494 e. The topological polar surface area (TPSA) is 48.9 Å². The van der Waals surface area contributed by atoms with Crippen LogP contribution in [0.1, 0.15) is 44.7 Å². The Bertz CT molecular complexity index is 606. The van der Waals surface area contributed by atoms with Crippen LogP contribution >= 0.6 is 24.0 Å². The van der Waals surface area contributed by atoms with Crippen LogP contribution in [0.4, 0.5) is 0 Å². The van der Waals surface area contributed by atoms with Gasteiger partial charge in [0.1, 0.15) is 5.75 Å². The van der Waals surface area contributed by atoms with Crippen LogP contribution in [0.25, 0.3) is 0 Å². The minimum atomic E-state index is 0. The number of halogens is 1. The number of aliphatic imine (C=N–C) groups is 1. The normalized spacial score (nSPS) is 17.9. The van der Waals surface area contributed by atoms with Gasteiger partial charge in [-0.05, 0) is 56.7 Å². The van der Waals surface area contributed by atoms with Crippen molar-refractivity contribution in [2.75, 3.05) is 39.8 Å². The zero-order valence-corrected chi connectivity index (χ0v) is 20.6. The van der Waals surface area contributed by atoms with Gasteiger partial charge in [-0.3, -0.25) is 4.99 Å². The Balaban J connectivity index is 0.00000392. The van der Waals surface area contributed by atoms with E-state index < -0.39 is 0 Å². The summed E-state index contributed by atoms with van der Waals surface area (Å²) in [6.07, 6.45) is 2.59. The second kappa shape index (κ2) is 13.2. The molecule has 0 bridgehead atoms. The Labute approximate surface area is 188 Å². The van der Waals surface area contributed by atoms with Gasteiger partial charge in [-0.25, -0.2) is 0 Å². The van der Waals surface area contributed by atoms with Gasteiger partial charge in [-0.1, -0.05) is 26.0 Å². The first-order valence-corrected chi connectivity index (χ1v) is 10.4. The SMILES string of the molecule is CCOc1cc(C)ccc1CNC(=NC)NCC1CCCN(CC(C)C)C1.I. The van der Waals surface area contributed by atoms with Crippen LogP contribution in [-0.4, -0.2) is 50.7 Å². The molecule has 0 saturated carbocycles. The van der Waals surface area contributed by atoms with Crippen LogP contribution in [-0.2, 0) is 6.54 Å². The summed E-state index contributed by atoms with van der Waals surface area (Å²) in [6, 6.07) is 6.36. The van der Waals surface area contributed by atoms with Crippen LogP contribution in [0.3, 0.4) is 0 Å². The molecule has 2 N–H and O–H groups in total. The number of benzene rings is 1. The minimum Gasteiger partial charge on any atom is -0.494 e. The number of piperidine rings is 1. The van der Waals surface area contributed by atoms with Gasteiger partial charge < -0.3 is 20.3 Å². The molecule has 6 heteroatoms. The number of likely N-dealkylation sites (tertiary alicyclic amines) is 1. The molecule has 1 heterocycles. The summed E-state index contributed by atoms with van der Waals surface area (Å²) in [7, 11) is 1.83. The fourth-order valence-electron chi connectivity index (χ4n) is 3.74. The molecule has 1 atom stereocenters. The average molecular weight is 502 g/mol. The van der Waals surface area contributed by atoms with Crippen LogP contribution in [0.15, 0.2) is 23.2 Å². The smallest absolute Gasteiger partial charge is 0.191 e. The lowest BCUT2D eigenvalue weighted by atomic mass is 9.97. The lowest BCUT2D eigenvalue weighted by Crippen LogP contribution is -2.45. The molecule has 1 aliphatic heterocycles. The highest BCUT2D eigenvalue weighted by Gasteiger charge is 2.20. The van der Waals surface area contributed by atoms with Gasteiger partial charge in [-0.15, -0.1) is 24.0 Å². The van der Waals surface area contributed by atoms with E-state index in [-0.39, 0.29) is 24.0 Å². The Hall–Kier alpha value is -1.02. The van der Waals surface area contributed by atoms with Gasteiger partial charge in [0.05, 0.1) is 6.61 Å². The first-order chi connectivity index (χ1) is 13.0. The molecule has 1 aromatic rings. The molecule has 160 valence electrons. The van der Waals surface area contributed by atoms with E-state index in [1.807, 2.05) is 14.0 Å². The van der Waals surface area contributed by atoms with Crippen molar-refractivity contribution < 1.29 is 4.74 Å². The highest BCUT2D eigenvalue weighted by atomic mass is 127. The molecule has 1 aliphatic rings. The molecule has 28 heavy (non-hydrogen) atoms. The number of nitrogens with zero attached hydrogens (tertiary/aromatic N) is 2. The predicted molar refractivity (Wildman–Crippen MR) is 130 cm³/mol. The first-order valence-electron chi connectivity index (χ1n) is 10.4. The molecule has 0 spiro atoms. The molecule has 0 amide bonds. The Morgan fingerprint density at radius 2 is 2.11 bits per heavy atom. The summed E-state index contributed by atoms with van der Waals surface area (Å²) >= 11 is 0. The molecular formula is C22H39IN4O. The van der Waals surface area contributed by atoms with E-state index in [2.05, 4.69) is 59.5 Å². The van der Waals surface area contributed by atoms with Crippen molar-refractivity contribution in [3.8, 4) is 5.75 Å². The molecule has 1 unspecified atom stereocenters. The summed E-state index contributed by atoms with van der Waals surface area (Å²) in [5, 5.41) is 6.95. The number of nitrogens with one attached hydrogen (secondary N) is 2. The maximum absolute atomic E-state index is 5.78. The van der Waals surface area contributed by atoms with Gasteiger partial charge in [0, 0.05) is 38.8 Å². The second-order valence-corrected chi connectivity index (χ2v) is 8.01. The van der Waals surface area contributed by atoms with Gasteiger partial charge in [-0.2, -0.15) is 0 Å². The second-order valence-electron chi connectivity index (χ2n) is 8.01. The zero-order chi connectivity index (χ0) is 19.6. The molecule has 1 saturated heterocycles. The van der Waals surface area contributed by atoms with Crippen LogP contribution in [0.5, 0.6) is 5.75 Å². The summed E-state index contributed by atoms with van der Waals surface area (Å²) in [4.78, 5) is 7.00. The lowest BCUT2D eigenvalue weighted by molar-refractivity contribution is 0.159. The quantitative estimate of drug-likeness (QED) is 0.320. The van der Waals surface area contributed by atoms with Gasteiger partial charge in [0.2, 0.25) is 0 Å². The van der Waals surface area contributed by atoms with Crippen molar-refractivity contribution in [3.05, 3.63) is 29.3 Å². The number of hydrogen-bond acceptors (Lipinski definition) is 3. The van der Waals surface area contributed by atoms with Crippen LogP contribution in [0, 0.1) is 18.8 Å². The summed E-state index contributed by atoms with van der Waals surface area (Å²) < 4.78 is 5.78. The number of guanidine groups is 1. The fourth-order valence-corrected chi connectivity index (χ4v) is 3.74. The van der Waals surface area contributed by atoms with E-state index >= 15 is 0 Å². The van der Waals surface area contributed by atoms with E-state index in [1.54, 1.807) is 0 Å². The van der Waals surface area contributed by atoms with Gasteiger partial charge >= 0.3 is 0 Å². The van der Waals surface area contributed by atoms with Crippen molar-refractivity contribution in [2.45, 2.75) is 47.1 Å². The Morgan fingerprint density at radius 1 is 1.32 bits per heavy atom. The van der Waals surface area contributed by atoms with Crippen LogP contribution < -0.4 is 15.4 Å². The summed E-state index contributed by atoms with van der Waals surface area (Å²) in [5.41, 5.74) is 2.37. The molecule has 2 rings (SSSR count). The summed E-state index contributed by atoms with van der Waals surface area (Å²) in [6.45, 7) is 14.7. The van der Waals surface area contributed by atoms with Crippen molar-refractivity contribution >= 4 is 29.9 Å². The van der Waals surface area contributed by atoms with E-state index in [4.69, 9.17) is 4.74 Å². The molecule has 1 aromatic carbocycles. The zero-order valence-electron chi connectivity index (χ0n) is 18.3. The van der Waals surface area contributed by atoms with Crippen molar-refractivity contribution in [1.82, 2.24) is 15.5 Å². The third kappa shape index (κ3) is 8.55. The average Bonchev–Trinajstić information content (AvgIpc) is 2.63. The monoisotopic (exact) mass is 502 g/mol. The predicted octanol–water partition coefficient (Wildman–Crippen LogP) is 4.04. The maximum atomic E-state index is 5.78. The molecule has 1 fully saturated rings. The Kier molecular flexibility index (Phi) is 11.8. The van der Waals surface area contributed by atoms with Crippen molar-refractivity contribution in [3.63, 3.8) is 0 Å². The van der Waals surface area contributed by atoms with Crippen molar-refractivity contribution in [2.24, 2.45) is 16.8 Å². The lowest BCUT2D eigenvalue weighted by Gasteiger charge is -2.34. The van der Waals surface area contributed by atoms with Gasteiger partial charge in [0.15, 0.2) is 5.96 Å². The third-order valence-corrected chi connectivity index (χ3v) is 4.98. The number of hydrogen-bond donors (Lipinski definition) is 2. The van der Waals surface area contributed by atoms with Crippen LogP contribution in [0.2, 0.25) is 0 Å². The van der Waals surface area contributed by atoms with Crippen molar-refractivity contribution in [1.29, 1.82) is 0 Å². The van der Waals surface area contributed by atoms with Gasteiger partial charge in [0.25, 0.3) is 0 Å². The molecular weight excluding hydrogens is 463 g/mol. The van der Waals surface area contributed by atoms with E-state index in [0.717, 1.165) is 29.7 Å². The first kappa shape index (κ1) is 25.0. The molecule has 0 radical (unpaired) electrons. The maximum Gasteiger partial charge on any atom is 0.191 e. The fraction of sp³-hybridized carbons (Fsp3) is 0.682. The molecule has 0 aromatic heterocycles. The van der Waals surface area contributed by atoms with E-state index in [1.165, 1.54) is 38.0 Å². The summed E-state index contributed by atoms with van der Waals surface area (Å²) in [5.74, 6) is 3.24.